The summed E-state index contributed by atoms with van der Waals surface area (Å²) < 4.78 is 18.1. The van der Waals surface area contributed by atoms with E-state index in [1.165, 1.54) is 0 Å². The van der Waals surface area contributed by atoms with Gasteiger partial charge in [-0.05, 0) is 69.6 Å². The van der Waals surface area contributed by atoms with Gasteiger partial charge in [0.15, 0.2) is 0 Å². The summed E-state index contributed by atoms with van der Waals surface area (Å²) in [4.78, 5) is 28.3. The van der Waals surface area contributed by atoms with Crippen LogP contribution in [-0.4, -0.2) is 59.9 Å². The van der Waals surface area contributed by atoms with E-state index < -0.39 is 0 Å². The molecule has 3 unspecified atom stereocenters. The number of hydrogen-bond acceptors (Lipinski definition) is 6. The third-order valence-corrected chi connectivity index (χ3v) is 7.80. The highest BCUT2D eigenvalue weighted by Gasteiger charge is 2.47. The van der Waals surface area contributed by atoms with Crippen LogP contribution in [0.2, 0.25) is 0 Å². The highest BCUT2D eigenvalue weighted by atomic mass is 16.6. The van der Waals surface area contributed by atoms with Gasteiger partial charge in [0.2, 0.25) is 0 Å². The molecule has 1 aliphatic heterocycles. The number of carbonyl (C=O) groups excluding carboxylic acids is 2. The first kappa shape index (κ1) is 36.9. The SMILES string of the molecule is CCCCOCC(CN1C(C)(C)CC(OC(=O)CC(C)CC(C)(C)C)CC1(C)C)OC(=O)CC(C)CC(C)(C)C. The van der Waals surface area contributed by atoms with Crippen LogP contribution in [0.1, 0.15) is 141 Å². The van der Waals surface area contributed by atoms with E-state index in [4.69, 9.17) is 14.2 Å². The first-order valence-electron chi connectivity index (χ1n) is 15.9. The molecule has 6 heteroatoms. The molecule has 3 atom stereocenters. The second-order valence-corrected chi connectivity index (χ2v) is 16.4. The van der Waals surface area contributed by atoms with E-state index in [1.54, 1.807) is 0 Å². The number of nitrogens with zero attached hydrogens (tertiary/aromatic N) is 1. The maximum absolute atomic E-state index is 13.0. The molecule has 0 aromatic carbocycles. The number of hydrogen-bond donors (Lipinski definition) is 0. The Balaban J connectivity index is 2.91. The van der Waals surface area contributed by atoms with Gasteiger partial charge in [0.25, 0.3) is 0 Å². The van der Waals surface area contributed by atoms with Crippen molar-refractivity contribution >= 4 is 11.9 Å². The molecule has 1 aliphatic rings. The predicted octanol–water partition coefficient (Wildman–Crippen LogP) is 8.20. The summed E-state index contributed by atoms with van der Waals surface area (Å²) in [6.07, 6.45) is 5.92. The third-order valence-electron chi connectivity index (χ3n) is 7.80. The molecule has 1 heterocycles. The van der Waals surface area contributed by atoms with Crippen molar-refractivity contribution in [1.82, 2.24) is 4.90 Å². The van der Waals surface area contributed by atoms with Gasteiger partial charge in [-0.1, -0.05) is 68.7 Å². The molecule has 0 saturated carbocycles. The average Bonchev–Trinajstić information content (AvgIpc) is 2.69. The standard InChI is InChI=1S/C34H65NO5/c1-14-15-16-38-24-28(40-30(37)18-26(3)20-32(7,8)9)23-35-33(10,11)21-27(22-34(35,12)13)39-29(36)17-25(2)19-31(4,5)6/h25-28H,14-24H2,1-13H3. The number of ether oxygens (including phenoxy) is 3. The van der Waals surface area contributed by atoms with Gasteiger partial charge in [0.05, 0.1) is 6.61 Å². The van der Waals surface area contributed by atoms with Crippen LogP contribution in [-0.2, 0) is 23.8 Å². The largest absolute Gasteiger partial charge is 0.462 e. The molecule has 1 saturated heterocycles. The van der Waals surface area contributed by atoms with Crippen molar-refractivity contribution in [2.45, 2.75) is 165 Å². The van der Waals surface area contributed by atoms with Gasteiger partial charge < -0.3 is 14.2 Å². The Morgan fingerprint density at radius 1 is 0.850 bits per heavy atom. The third kappa shape index (κ3) is 14.7. The molecule has 1 fully saturated rings. The van der Waals surface area contributed by atoms with Crippen LogP contribution in [0.4, 0.5) is 0 Å². The molecule has 40 heavy (non-hydrogen) atoms. The molecule has 0 aliphatic carbocycles. The van der Waals surface area contributed by atoms with Gasteiger partial charge in [-0.3, -0.25) is 14.5 Å². The zero-order valence-corrected chi connectivity index (χ0v) is 28.6. The van der Waals surface area contributed by atoms with E-state index in [0.717, 1.165) is 38.5 Å². The molecule has 1 rings (SSSR count). The maximum atomic E-state index is 13.0. The summed E-state index contributed by atoms with van der Waals surface area (Å²) in [5.74, 6) is 0.313. The van der Waals surface area contributed by atoms with Crippen molar-refractivity contribution in [3.05, 3.63) is 0 Å². The van der Waals surface area contributed by atoms with E-state index >= 15 is 0 Å². The van der Waals surface area contributed by atoms with E-state index in [-0.39, 0.29) is 52.0 Å². The topological polar surface area (TPSA) is 65.1 Å². The van der Waals surface area contributed by atoms with Gasteiger partial charge in [-0.15, -0.1) is 0 Å². The van der Waals surface area contributed by atoms with Crippen LogP contribution in [0, 0.1) is 22.7 Å². The Bertz CT molecular complexity index is 758. The maximum Gasteiger partial charge on any atom is 0.306 e. The summed E-state index contributed by atoms with van der Waals surface area (Å²) in [7, 11) is 0. The van der Waals surface area contributed by atoms with Crippen molar-refractivity contribution in [3.8, 4) is 0 Å². The highest BCUT2D eigenvalue weighted by Crippen LogP contribution is 2.40. The average molecular weight is 568 g/mol. The first-order valence-corrected chi connectivity index (χ1v) is 15.9. The van der Waals surface area contributed by atoms with Crippen molar-refractivity contribution < 1.29 is 23.8 Å². The molecule has 6 nitrogen and oxygen atoms in total. The zero-order chi connectivity index (χ0) is 30.9. The number of likely N-dealkylation sites (tertiary alicyclic amines) is 1. The second-order valence-electron chi connectivity index (χ2n) is 16.4. The number of carbonyl (C=O) groups is 2. The molecule has 0 radical (unpaired) electrons. The van der Waals surface area contributed by atoms with E-state index in [2.05, 4.69) is 94.9 Å². The second kappa shape index (κ2) is 15.4. The van der Waals surface area contributed by atoms with Crippen molar-refractivity contribution in [2.24, 2.45) is 22.7 Å². The minimum atomic E-state index is -0.345. The molecule has 0 aromatic heterocycles. The zero-order valence-electron chi connectivity index (χ0n) is 28.6. The lowest BCUT2D eigenvalue weighted by Crippen LogP contribution is -2.64. The van der Waals surface area contributed by atoms with E-state index in [9.17, 15) is 9.59 Å². The fraction of sp³-hybridized carbons (Fsp3) is 0.941. The number of esters is 2. The summed E-state index contributed by atoms with van der Waals surface area (Å²) in [5, 5.41) is 0. The van der Waals surface area contributed by atoms with Gasteiger partial charge in [0.1, 0.15) is 12.2 Å². The molecule has 0 spiro atoms. The van der Waals surface area contributed by atoms with Crippen LogP contribution in [0.5, 0.6) is 0 Å². The molecular formula is C34H65NO5. The Morgan fingerprint density at radius 3 is 1.77 bits per heavy atom. The Kier molecular flexibility index (Phi) is 14.2. The van der Waals surface area contributed by atoms with E-state index in [1.807, 2.05) is 0 Å². The van der Waals surface area contributed by atoms with Gasteiger partial charge in [-0.2, -0.15) is 0 Å². The van der Waals surface area contributed by atoms with E-state index in [0.29, 0.717) is 38.5 Å². The predicted molar refractivity (Wildman–Crippen MR) is 165 cm³/mol. The van der Waals surface area contributed by atoms with Crippen LogP contribution in [0.25, 0.3) is 0 Å². The number of rotatable bonds is 15. The summed E-state index contributed by atoms with van der Waals surface area (Å²) in [6, 6.07) is 0. The van der Waals surface area contributed by atoms with Crippen molar-refractivity contribution in [1.29, 1.82) is 0 Å². The van der Waals surface area contributed by atoms with Crippen LogP contribution in [0.3, 0.4) is 0 Å². The summed E-state index contributed by atoms with van der Waals surface area (Å²) in [6.45, 7) is 30.1. The fourth-order valence-electron chi connectivity index (χ4n) is 6.86. The van der Waals surface area contributed by atoms with Gasteiger partial charge >= 0.3 is 11.9 Å². The summed E-state index contributed by atoms with van der Waals surface area (Å²) in [5.41, 5.74) is -0.108. The minimum absolute atomic E-state index is 0.0951. The molecule has 0 N–H and O–H groups in total. The lowest BCUT2D eigenvalue weighted by Gasteiger charge is -2.55. The normalized spacial score (nSPS) is 20.5. The smallest absolute Gasteiger partial charge is 0.306 e. The molecule has 0 bridgehead atoms. The molecule has 236 valence electrons. The summed E-state index contributed by atoms with van der Waals surface area (Å²) >= 11 is 0. The molecule has 0 amide bonds. The van der Waals surface area contributed by atoms with Gasteiger partial charge in [-0.25, -0.2) is 0 Å². The lowest BCUT2D eigenvalue weighted by atomic mass is 9.77. The van der Waals surface area contributed by atoms with Crippen LogP contribution < -0.4 is 0 Å². The molecular weight excluding hydrogens is 502 g/mol. The monoisotopic (exact) mass is 567 g/mol. The highest BCUT2D eigenvalue weighted by molar-refractivity contribution is 5.70. The fourth-order valence-corrected chi connectivity index (χ4v) is 6.86. The lowest BCUT2D eigenvalue weighted by molar-refractivity contribution is -0.170. The van der Waals surface area contributed by atoms with Crippen molar-refractivity contribution in [3.63, 3.8) is 0 Å². The number of piperidine rings is 1. The first-order chi connectivity index (χ1) is 18.1. The quantitative estimate of drug-likeness (QED) is 0.147. The Labute approximate surface area is 247 Å². The number of unbranched alkanes of at least 4 members (excludes halogenated alkanes) is 1. The Morgan fingerprint density at radius 2 is 1.32 bits per heavy atom. The van der Waals surface area contributed by atoms with Crippen LogP contribution >= 0.6 is 0 Å². The Hall–Kier alpha value is -1.14. The minimum Gasteiger partial charge on any atom is -0.462 e. The van der Waals surface area contributed by atoms with Crippen molar-refractivity contribution in [2.75, 3.05) is 19.8 Å². The van der Waals surface area contributed by atoms with Gasteiger partial charge in [0, 0.05) is 49.9 Å². The molecule has 0 aromatic rings. The van der Waals surface area contributed by atoms with Crippen LogP contribution in [0.15, 0.2) is 0 Å².